The van der Waals surface area contributed by atoms with E-state index in [9.17, 15) is 0 Å². The number of nitrogens with zero attached hydrogens (tertiary/aromatic N) is 2. The van der Waals surface area contributed by atoms with E-state index in [-0.39, 0.29) is 0 Å². The van der Waals surface area contributed by atoms with Crippen molar-refractivity contribution in [2.75, 3.05) is 18.0 Å². The quantitative estimate of drug-likeness (QED) is 0.670. The van der Waals surface area contributed by atoms with Gasteiger partial charge >= 0.3 is 0 Å². The van der Waals surface area contributed by atoms with Gasteiger partial charge in [-0.2, -0.15) is 0 Å². The van der Waals surface area contributed by atoms with E-state index in [1.54, 1.807) is 0 Å². The minimum absolute atomic E-state index is 0.733. The van der Waals surface area contributed by atoms with Crippen molar-refractivity contribution in [2.45, 2.75) is 65.0 Å². The summed E-state index contributed by atoms with van der Waals surface area (Å²) in [7, 11) is 0. The Balaban J connectivity index is 2.10. The molecule has 2 rings (SSSR count). The molecule has 4 heteroatoms. The van der Waals surface area contributed by atoms with Crippen molar-refractivity contribution >= 4 is 21.7 Å². The minimum atomic E-state index is 0.733. The Morgan fingerprint density at radius 3 is 2.48 bits per heavy atom. The molecule has 0 unspecified atom stereocenters. The van der Waals surface area contributed by atoms with Gasteiger partial charge in [-0.1, -0.05) is 26.7 Å². The molecule has 0 aliphatic heterocycles. The summed E-state index contributed by atoms with van der Waals surface area (Å²) in [5, 5.41) is 3.62. The van der Waals surface area contributed by atoms with Crippen LogP contribution in [0.2, 0.25) is 0 Å². The number of unbranched alkanes of at least 4 members (excludes halogenated alkanes) is 2. The van der Waals surface area contributed by atoms with Gasteiger partial charge in [0.15, 0.2) is 0 Å². The fourth-order valence-electron chi connectivity index (χ4n) is 2.45. The molecule has 1 aromatic heterocycles. The maximum absolute atomic E-state index is 4.72. The Morgan fingerprint density at radius 2 is 1.90 bits per heavy atom. The molecule has 21 heavy (non-hydrogen) atoms. The summed E-state index contributed by atoms with van der Waals surface area (Å²) in [6.45, 7) is 7.66. The lowest BCUT2D eigenvalue weighted by Crippen LogP contribution is -2.29. The van der Waals surface area contributed by atoms with Crippen LogP contribution in [0.3, 0.4) is 0 Å². The first-order valence-corrected chi connectivity index (χ1v) is 9.16. The number of anilines is 1. The van der Waals surface area contributed by atoms with E-state index in [0.29, 0.717) is 0 Å². The van der Waals surface area contributed by atoms with Crippen molar-refractivity contribution in [1.29, 1.82) is 0 Å². The Hall–Kier alpha value is -0.610. The monoisotopic (exact) mass is 353 g/mol. The summed E-state index contributed by atoms with van der Waals surface area (Å²) < 4.78 is 1.07. The van der Waals surface area contributed by atoms with Crippen LogP contribution >= 0.6 is 15.9 Å². The van der Waals surface area contributed by atoms with Crippen LogP contribution in [0.25, 0.3) is 0 Å². The van der Waals surface area contributed by atoms with Crippen LogP contribution < -0.4 is 10.2 Å². The summed E-state index contributed by atoms with van der Waals surface area (Å²) in [5.41, 5.74) is 1.32. The van der Waals surface area contributed by atoms with E-state index >= 15 is 0 Å². The first kappa shape index (κ1) is 16.8. The molecule has 0 saturated heterocycles. The normalized spacial score (nSPS) is 14.4. The molecule has 1 saturated carbocycles. The van der Waals surface area contributed by atoms with Crippen LogP contribution in [-0.4, -0.2) is 24.1 Å². The molecular formula is C17H28BrN3. The summed E-state index contributed by atoms with van der Waals surface area (Å²) in [6.07, 6.45) is 9.51. The highest BCUT2D eigenvalue weighted by atomic mass is 79.9. The third kappa shape index (κ3) is 5.59. The number of rotatable bonds is 10. The van der Waals surface area contributed by atoms with E-state index in [4.69, 9.17) is 4.98 Å². The maximum atomic E-state index is 4.72. The van der Waals surface area contributed by atoms with Crippen molar-refractivity contribution < 1.29 is 0 Å². The van der Waals surface area contributed by atoms with Crippen LogP contribution in [-0.2, 0) is 6.54 Å². The fourth-order valence-corrected chi connectivity index (χ4v) is 2.83. The number of halogens is 1. The highest BCUT2D eigenvalue weighted by Gasteiger charge is 2.21. The predicted molar refractivity (Wildman–Crippen MR) is 93.8 cm³/mol. The Kier molecular flexibility index (Phi) is 6.97. The first-order valence-electron chi connectivity index (χ1n) is 8.37. The third-order valence-corrected chi connectivity index (χ3v) is 4.36. The standard InChI is InChI=1S/C17H28BrN3/c1-3-5-9-21(10-6-4-2)17-14(11-15(18)13-20-17)12-19-16-7-8-16/h11,13,16,19H,3-10,12H2,1-2H3. The predicted octanol–water partition coefficient (Wildman–Crippen LogP) is 4.50. The second-order valence-electron chi connectivity index (χ2n) is 5.99. The van der Waals surface area contributed by atoms with Crippen molar-refractivity contribution in [3.63, 3.8) is 0 Å². The lowest BCUT2D eigenvalue weighted by atomic mass is 10.2. The van der Waals surface area contributed by atoms with Crippen molar-refractivity contribution in [3.05, 3.63) is 22.3 Å². The Morgan fingerprint density at radius 1 is 1.24 bits per heavy atom. The molecule has 1 N–H and O–H groups in total. The van der Waals surface area contributed by atoms with Gasteiger partial charge in [0.1, 0.15) is 5.82 Å². The highest BCUT2D eigenvalue weighted by Crippen LogP contribution is 2.25. The van der Waals surface area contributed by atoms with Crippen molar-refractivity contribution in [2.24, 2.45) is 0 Å². The zero-order valence-corrected chi connectivity index (χ0v) is 15.0. The van der Waals surface area contributed by atoms with E-state index in [1.807, 2.05) is 6.20 Å². The summed E-state index contributed by atoms with van der Waals surface area (Å²) >= 11 is 3.56. The topological polar surface area (TPSA) is 28.2 Å². The van der Waals surface area contributed by atoms with E-state index in [1.165, 1.54) is 49.9 Å². The SMILES string of the molecule is CCCCN(CCCC)c1ncc(Br)cc1CNC1CC1. The number of nitrogens with one attached hydrogen (secondary N) is 1. The van der Waals surface area contributed by atoms with Gasteiger partial charge in [0.2, 0.25) is 0 Å². The average Bonchev–Trinajstić information content (AvgIpc) is 3.30. The lowest BCUT2D eigenvalue weighted by Gasteiger charge is -2.26. The second-order valence-corrected chi connectivity index (χ2v) is 6.90. The molecule has 0 bridgehead atoms. The minimum Gasteiger partial charge on any atom is -0.356 e. The van der Waals surface area contributed by atoms with Crippen molar-refractivity contribution in [1.82, 2.24) is 10.3 Å². The molecule has 118 valence electrons. The van der Waals surface area contributed by atoms with Gasteiger partial charge in [-0.05, 0) is 47.7 Å². The first-order chi connectivity index (χ1) is 10.2. The van der Waals surface area contributed by atoms with Crippen molar-refractivity contribution in [3.8, 4) is 0 Å². The van der Waals surface area contributed by atoms with Crippen LogP contribution in [0.4, 0.5) is 5.82 Å². The van der Waals surface area contributed by atoms with Gasteiger partial charge in [-0.3, -0.25) is 0 Å². The van der Waals surface area contributed by atoms with Gasteiger partial charge in [0.05, 0.1) is 0 Å². The van der Waals surface area contributed by atoms with Gasteiger partial charge in [-0.15, -0.1) is 0 Å². The molecule has 0 aromatic carbocycles. The van der Waals surface area contributed by atoms with Crippen LogP contribution in [0.1, 0.15) is 57.9 Å². The van der Waals surface area contributed by atoms with Crippen LogP contribution in [0.15, 0.2) is 16.7 Å². The third-order valence-electron chi connectivity index (χ3n) is 3.93. The zero-order valence-electron chi connectivity index (χ0n) is 13.4. The molecule has 1 aliphatic rings. The van der Waals surface area contributed by atoms with Crippen LogP contribution in [0, 0.1) is 0 Å². The van der Waals surface area contributed by atoms with E-state index in [2.05, 4.69) is 46.1 Å². The molecule has 3 nitrogen and oxygen atoms in total. The van der Waals surface area contributed by atoms with Gasteiger partial charge in [0, 0.05) is 41.9 Å². The molecule has 0 spiro atoms. The molecule has 1 fully saturated rings. The Bertz CT molecular complexity index is 424. The van der Waals surface area contributed by atoms with Gasteiger partial charge in [-0.25, -0.2) is 4.98 Å². The smallest absolute Gasteiger partial charge is 0.133 e. The largest absolute Gasteiger partial charge is 0.356 e. The number of hydrogen-bond acceptors (Lipinski definition) is 3. The molecule has 1 aromatic rings. The average molecular weight is 354 g/mol. The van der Waals surface area contributed by atoms with Crippen LogP contribution in [0.5, 0.6) is 0 Å². The maximum Gasteiger partial charge on any atom is 0.133 e. The van der Waals surface area contributed by atoms with Gasteiger partial charge < -0.3 is 10.2 Å². The highest BCUT2D eigenvalue weighted by molar-refractivity contribution is 9.10. The number of pyridine rings is 1. The Labute approximate surface area is 137 Å². The molecule has 0 amide bonds. The number of aromatic nitrogens is 1. The fraction of sp³-hybridized carbons (Fsp3) is 0.706. The summed E-state index contributed by atoms with van der Waals surface area (Å²) in [6, 6.07) is 2.96. The molecule has 0 radical (unpaired) electrons. The van der Waals surface area contributed by atoms with Gasteiger partial charge in [0.25, 0.3) is 0 Å². The lowest BCUT2D eigenvalue weighted by molar-refractivity contribution is 0.652. The number of hydrogen-bond donors (Lipinski definition) is 1. The molecule has 1 aliphatic carbocycles. The van der Waals surface area contributed by atoms with E-state index in [0.717, 1.165) is 30.1 Å². The molecular weight excluding hydrogens is 326 g/mol. The molecule has 1 heterocycles. The zero-order chi connectivity index (χ0) is 15.1. The summed E-state index contributed by atoms with van der Waals surface area (Å²) in [4.78, 5) is 7.20. The molecule has 0 atom stereocenters. The van der Waals surface area contributed by atoms with E-state index < -0.39 is 0 Å². The summed E-state index contributed by atoms with van der Waals surface area (Å²) in [5.74, 6) is 1.17. The second kappa shape index (κ2) is 8.74.